The number of aryl methyl sites for hydroxylation is 1. The summed E-state index contributed by atoms with van der Waals surface area (Å²) in [6.45, 7) is 0.635. The molecule has 1 amide bonds. The zero-order valence-electron chi connectivity index (χ0n) is 14.9. The highest BCUT2D eigenvalue weighted by Crippen LogP contribution is 2.37. The molecule has 0 fully saturated rings. The van der Waals surface area contributed by atoms with Gasteiger partial charge in [0.05, 0.1) is 27.6 Å². The van der Waals surface area contributed by atoms with Crippen LogP contribution in [-0.4, -0.2) is 26.8 Å². The van der Waals surface area contributed by atoms with E-state index in [4.69, 9.17) is 10.5 Å². The van der Waals surface area contributed by atoms with Crippen molar-refractivity contribution in [3.05, 3.63) is 42.1 Å². The second-order valence-corrected chi connectivity index (χ2v) is 7.27. The van der Waals surface area contributed by atoms with Gasteiger partial charge in [-0.25, -0.2) is 4.98 Å². The molecule has 3 N–H and O–H groups in total. The van der Waals surface area contributed by atoms with Crippen LogP contribution < -0.4 is 15.8 Å². The SMILES string of the molecule is Cn1ncc2c3nc(Nc4cc(C(N)=O)ccc4OC(C)(F)F)sc3ccc21. The van der Waals surface area contributed by atoms with Gasteiger partial charge in [0.15, 0.2) is 5.13 Å². The van der Waals surface area contributed by atoms with E-state index in [1.165, 1.54) is 29.5 Å². The van der Waals surface area contributed by atoms with Crippen LogP contribution in [0.2, 0.25) is 0 Å². The minimum Gasteiger partial charge on any atom is -0.431 e. The number of halogens is 2. The number of aromatic nitrogens is 3. The van der Waals surface area contributed by atoms with Crippen molar-refractivity contribution >= 4 is 49.2 Å². The van der Waals surface area contributed by atoms with Crippen molar-refractivity contribution in [2.24, 2.45) is 12.8 Å². The number of carbonyl (C=O) groups is 1. The van der Waals surface area contributed by atoms with Crippen molar-refractivity contribution in [2.45, 2.75) is 13.0 Å². The third-order valence-corrected chi connectivity index (χ3v) is 5.02. The molecule has 144 valence electrons. The fraction of sp³-hybridized carbons (Fsp3) is 0.167. The topological polar surface area (TPSA) is 95.1 Å². The number of ether oxygens (including phenoxy) is 1. The van der Waals surface area contributed by atoms with Crippen LogP contribution >= 0.6 is 11.3 Å². The van der Waals surface area contributed by atoms with E-state index < -0.39 is 12.0 Å². The first-order valence-electron chi connectivity index (χ1n) is 8.20. The number of rotatable bonds is 5. The number of thiazole rings is 1. The van der Waals surface area contributed by atoms with Crippen LogP contribution in [-0.2, 0) is 7.05 Å². The van der Waals surface area contributed by atoms with Crippen LogP contribution in [0.25, 0.3) is 21.1 Å². The van der Waals surface area contributed by atoms with Crippen LogP contribution in [0, 0.1) is 0 Å². The van der Waals surface area contributed by atoms with Crippen LogP contribution in [0.1, 0.15) is 17.3 Å². The number of fused-ring (bicyclic) bond motifs is 3. The number of hydrogen-bond acceptors (Lipinski definition) is 6. The lowest BCUT2D eigenvalue weighted by molar-refractivity contribution is -0.158. The molecule has 2 aromatic carbocycles. The van der Waals surface area contributed by atoms with Gasteiger partial charge in [0.2, 0.25) is 5.91 Å². The number of nitrogens with zero attached hydrogens (tertiary/aromatic N) is 3. The van der Waals surface area contributed by atoms with Crippen molar-refractivity contribution in [3.8, 4) is 5.75 Å². The average molecular weight is 403 g/mol. The van der Waals surface area contributed by atoms with E-state index in [2.05, 4.69) is 15.4 Å². The number of hydrogen-bond donors (Lipinski definition) is 2. The molecule has 28 heavy (non-hydrogen) atoms. The quantitative estimate of drug-likeness (QED) is 0.525. The molecule has 10 heteroatoms. The van der Waals surface area contributed by atoms with Gasteiger partial charge in [-0.05, 0) is 30.3 Å². The van der Waals surface area contributed by atoms with Crippen molar-refractivity contribution in [1.82, 2.24) is 14.8 Å². The number of alkyl halides is 2. The maximum atomic E-state index is 13.4. The van der Waals surface area contributed by atoms with Gasteiger partial charge in [0.25, 0.3) is 0 Å². The summed E-state index contributed by atoms with van der Waals surface area (Å²) in [5, 5.41) is 8.53. The molecule has 0 unspecified atom stereocenters. The highest BCUT2D eigenvalue weighted by Gasteiger charge is 2.25. The van der Waals surface area contributed by atoms with Gasteiger partial charge in [-0.2, -0.15) is 13.9 Å². The van der Waals surface area contributed by atoms with Crippen LogP contribution in [0.15, 0.2) is 36.5 Å². The van der Waals surface area contributed by atoms with E-state index in [0.29, 0.717) is 12.1 Å². The standard InChI is InChI=1S/C18H15F2N5O2S/c1-18(19,20)27-13-5-3-9(16(21)26)7-11(13)23-17-24-15-10-8-22-25(2)12(10)4-6-14(15)28-17/h3-8H,1-2H3,(H2,21,26)(H,23,24). The van der Waals surface area contributed by atoms with Gasteiger partial charge in [-0.1, -0.05) is 11.3 Å². The zero-order valence-corrected chi connectivity index (χ0v) is 15.7. The Kier molecular flexibility index (Phi) is 4.15. The molecule has 0 aliphatic rings. The summed E-state index contributed by atoms with van der Waals surface area (Å²) >= 11 is 1.34. The van der Waals surface area contributed by atoms with Gasteiger partial charge < -0.3 is 15.8 Å². The summed E-state index contributed by atoms with van der Waals surface area (Å²) in [6.07, 6.45) is -1.67. The van der Waals surface area contributed by atoms with Crippen LogP contribution in [0.5, 0.6) is 5.75 Å². The molecule has 7 nitrogen and oxygen atoms in total. The lowest BCUT2D eigenvalue weighted by Crippen LogP contribution is -2.20. The molecule has 0 aliphatic heterocycles. The van der Waals surface area contributed by atoms with Gasteiger partial charge in [-0.15, -0.1) is 0 Å². The van der Waals surface area contributed by atoms with Crippen molar-refractivity contribution in [2.75, 3.05) is 5.32 Å². The Balaban J connectivity index is 1.78. The first-order valence-corrected chi connectivity index (χ1v) is 9.02. The molecule has 0 radical (unpaired) electrons. The van der Waals surface area contributed by atoms with Gasteiger partial charge in [0.1, 0.15) is 5.75 Å². The molecule has 2 aromatic heterocycles. The molecule has 4 aromatic rings. The zero-order chi connectivity index (χ0) is 20.1. The number of nitrogens with two attached hydrogens (primary N) is 1. The minimum absolute atomic E-state index is 0.122. The Morgan fingerprint density at radius 1 is 1.32 bits per heavy atom. The normalized spacial score (nSPS) is 11.9. The maximum Gasteiger partial charge on any atom is 0.394 e. The summed E-state index contributed by atoms with van der Waals surface area (Å²) in [5.74, 6) is -0.803. The molecule has 0 saturated carbocycles. The second-order valence-electron chi connectivity index (χ2n) is 6.24. The van der Waals surface area contributed by atoms with Gasteiger partial charge in [-0.3, -0.25) is 9.48 Å². The fourth-order valence-electron chi connectivity index (χ4n) is 2.85. The van der Waals surface area contributed by atoms with Gasteiger partial charge >= 0.3 is 6.11 Å². The lowest BCUT2D eigenvalue weighted by Gasteiger charge is -2.17. The lowest BCUT2D eigenvalue weighted by atomic mass is 10.2. The Hall–Kier alpha value is -3.27. The summed E-state index contributed by atoms with van der Waals surface area (Å²) in [4.78, 5) is 16.0. The van der Waals surface area contributed by atoms with E-state index in [0.717, 1.165) is 21.1 Å². The maximum absolute atomic E-state index is 13.4. The van der Waals surface area contributed by atoms with E-state index in [1.54, 1.807) is 10.9 Å². The smallest absolute Gasteiger partial charge is 0.394 e. The number of carbonyl (C=O) groups excluding carboxylic acids is 1. The largest absolute Gasteiger partial charge is 0.431 e. The first-order chi connectivity index (χ1) is 13.2. The van der Waals surface area contributed by atoms with Crippen molar-refractivity contribution in [1.29, 1.82) is 0 Å². The summed E-state index contributed by atoms with van der Waals surface area (Å²) in [7, 11) is 1.84. The highest BCUT2D eigenvalue weighted by atomic mass is 32.1. The summed E-state index contributed by atoms with van der Waals surface area (Å²) in [5.41, 5.74) is 7.29. The number of primary amides is 1. The molecular formula is C18H15F2N5O2S. The Morgan fingerprint density at radius 3 is 2.82 bits per heavy atom. The van der Waals surface area contributed by atoms with Gasteiger partial charge in [0, 0.05) is 24.9 Å². The molecule has 0 atom stereocenters. The van der Waals surface area contributed by atoms with Crippen LogP contribution in [0.3, 0.4) is 0 Å². The predicted molar refractivity (Wildman–Crippen MR) is 103 cm³/mol. The van der Waals surface area contributed by atoms with Crippen molar-refractivity contribution < 1.29 is 18.3 Å². The molecule has 4 rings (SSSR count). The minimum atomic E-state index is -3.39. The van der Waals surface area contributed by atoms with E-state index >= 15 is 0 Å². The number of amides is 1. The monoisotopic (exact) mass is 403 g/mol. The Bertz CT molecular complexity index is 1210. The number of anilines is 2. The number of nitrogens with one attached hydrogen (secondary N) is 1. The van der Waals surface area contributed by atoms with E-state index in [-0.39, 0.29) is 17.0 Å². The second kappa shape index (κ2) is 6.41. The fourth-order valence-corrected chi connectivity index (χ4v) is 3.75. The van der Waals surface area contributed by atoms with E-state index in [1.807, 2.05) is 19.2 Å². The third-order valence-electron chi connectivity index (χ3n) is 4.08. The first kappa shape index (κ1) is 18.1. The predicted octanol–water partition coefficient (Wildman–Crippen LogP) is 4.02. The Morgan fingerprint density at radius 2 is 2.11 bits per heavy atom. The highest BCUT2D eigenvalue weighted by molar-refractivity contribution is 7.22. The molecular weight excluding hydrogens is 388 g/mol. The van der Waals surface area contributed by atoms with Crippen LogP contribution in [0.4, 0.5) is 19.6 Å². The van der Waals surface area contributed by atoms with E-state index in [9.17, 15) is 13.6 Å². The summed E-state index contributed by atoms with van der Waals surface area (Å²) in [6, 6.07) is 7.81. The third kappa shape index (κ3) is 3.33. The molecule has 0 aliphatic carbocycles. The Labute approximate surface area is 161 Å². The summed E-state index contributed by atoms with van der Waals surface area (Å²) < 4.78 is 34.1. The number of benzene rings is 2. The van der Waals surface area contributed by atoms with Crippen molar-refractivity contribution in [3.63, 3.8) is 0 Å². The molecule has 0 bridgehead atoms. The molecule has 0 spiro atoms. The molecule has 0 saturated heterocycles. The average Bonchev–Trinajstić information content (AvgIpc) is 3.18. The molecule has 2 heterocycles.